The zero-order chi connectivity index (χ0) is 57.5. The number of nitrogens with one attached hydrogen (secondary N) is 1. The summed E-state index contributed by atoms with van der Waals surface area (Å²) in [5.74, 6) is -1.20. The van der Waals surface area contributed by atoms with Gasteiger partial charge in [0.15, 0.2) is 12.4 Å². The smallest absolute Gasteiger partial charge is 0.306 e. The van der Waals surface area contributed by atoms with Gasteiger partial charge >= 0.3 is 5.97 Å². The minimum atomic E-state index is -1.61. The zero-order valence-corrected chi connectivity index (χ0v) is 51.5. The molecule has 1 fully saturated rings. The molecule has 1 aliphatic heterocycles. The third kappa shape index (κ3) is 44.1. The van der Waals surface area contributed by atoms with Gasteiger partial charge in [-0.3, -0.25) is 9.59 Å². The van der Waals surface area contributed by atoms with Crippen molar-refractivity contribution in [3.63, 3.8) is 0 Å². The quantitative estimate of drug-likeness (QED) is 0.0195. The number of rotatable bonds is 58. The minimum Gasteiger partial charge on any atom is -0.454 e. The van der Waals surface area contributed by atoms with E-state index in [4.69, 9.17) is 14.2 Å². The van der Waals surface area contributed by atoms with E-state index in [1.54, 1.807) is 6.08 Å². The Balaban J connectivity index is 2.51. The van der Waals surface area contributed by atoms with E-state index >= 15 is 0 Å². The number of carbonyl (C=O) groups excluding carboxylic acids is 2. The summed E-state index contributed by atoms with van der Waals surface area (Å²) in [6.07, 6.45) is 57.8. The normalized spacial score (nSPS) is 19.0. The van der Waals surface area contributed by atoms with E-state index in [1.807, 2.05) is 6.08 Å². The van der Waals surface area contributed by atoms with Gasteiger partial charge in [-0.2, -0.15) is 0 Å². The first-order chi connectivity index (χ1) is 38.7. The molecule has 0 spiro atoms. The van der Waals surface area contributed by atoms with Crippen LogP contribution in [0.15, 0.2) is 36.5 Å². The second-order valence-electron chi connectivity index (χ2n) is 23.6. The Morgan fingerprint density at radius 1 is 0.481 bits per heavy atom. The highest BCUT2D eigenvalue weighted by atomic mass is 16.7. The number of aliphatic hydroxyl groups excluding tert-OH is 5. The maximum Gasteiger partial charge on any atom is 0.306 e. The van der Waals surface area contributed by atoms with Crippen molar-refractivity contribution in [2.45, 2.75) is 372 Å². The molecule has 464 valence electrons. The third-order valence-electron chi connectivity index (χ3n) is 16.0. The molecule has 11 nitrogen and oxygen atoms in total. The first kappa shape index (κ1) is 74.9. The standard InChI is InChI=1S/C68H127NO10/c1-4-7-10-13-16-19-22-24-25-26-27-28-29-30-31-32-33-34-35-36-37-38-41-44-47-50-53-56-63(73)79-66-65(75)64(74)62(57-70)78-68(66)77-58-59(60(71)54-51-48-45-42-39-21-18-15-12-9-6-3)69-67(76)61(72)55-52-49-46-43-40-23-20-17-14-11-8-5-2/h24-25,40,43,51,54,59-62,64-66,68,70-72,74-75H,4-23,26-39,41-42,44-50,52-53,55-58H2,1-3H3,(H,69,76)/b25-24+,43-40-,54-51+. The van der Waals surface area contributed by atoms with Crippen molar-refractivity contribution in [1.82, 2.24) is 5.32 Å². The van der Waals surface area contributed by atoms with Gasteiger partial charge in [0.05, 0.1) is 25.4 Å². The largest absolute Gasteiger partial charge is 0.454 e. The first-order valence-electron chi connectivity index (χ1n) is 33.8. The minimum absolute atomic E-state index is 0.126. The monoisotopic (exact) mass is 1120 g/mol. The predicted octanol–water partition coefficient (Wildman–Crippen LogP) is 16.6. The summed E-state index contributed by atoms with van der Waals surface area (Å²) in [5, 5.41) is 56.9. The summed E-state index contributed by atoms with van der Waals surface area (Å²) in [5.41, 5.74) is 0. The Labute approximate surface area is 485 Å². The molecule has 79 heavy (non-hydrogen) atoms. The van der Waals surface area contributed by atoms with Gasteiger partial charge in [0, 0.05) is 6.42 Å². The van der Waals surface area contributed by atoms with Crippen LogP contribution in [0.2, 0.25) is 0 Å². The topological polar surface area (TPSA) is 175 Å². The molecule has 1 aliphatic rings. The lowest BCUT2D eigenvalue weighted by Crippen LogP contribution is -2.61. The Morgan fingerprint density at radius 3 is 1.23 bits per heavy atom. The van der Waals surface area contributed by atoms with Gasteiger partial charge in [0.1, 0.15) is 24.4 Å². The third-order valence-corrected chi connectivity index (χ3v) is 16.0. The highest BCUT2D eigenvalue weighted by Gasteiger charge is 2.47. The van der Waals surface area contributed by atoms with E-state index in [-0.39, 0.29) is 19.4 Å². The summed E-state index contributed by atoms with van der Waals surface area (Å²) in [4.78, 5) is 26.5. The van der Waals surface area contributed by atoms with Crippen LogP contribution >= 0.6 is 0 Å². The fourth-order valence-corrected chi connectivity index (χ4v) is 10.6. The number of hydrogen-bond donors (Lipinski definition) is 6. The molecule has 0 radical (unpaired) electrons. The van der Waals surface area contributed by atoms with Crippen LogP contribution in [0.1, 0.15) is 323 Å². The SMILES string of the molecule is CCCCCCCC/C=C\CCCCC(O)C(=O)NC(COC1OC(CO)C(O)C(O)C1OC(=O)CCCCCCCCCCCCCCCCCCC/C=C/CCCCCCCC)C(O)/C=C/CCCCCCCCCCC. The average molecular weight is 1120 g/mol. The molecule has 0 aromatic rings. The van der Waals surface area contributed by atoms with E-state index < -0.39 is 67.4 Å². The number of esters is 1. The fraction of sp³-hybridized carbons (Fsp3) is 0.882. The number of carbonyl (C=O) groups is 2. The fourth-order valence-electron chi connectivity index (χ4n) is 10.6. The molecule has 8 unspecified atom stereocenters. The molecule has 0 bridgehead atoms. The van der Waals surface area contributed by atoms with Crippen molar-refractivity contribution in [1.29, 1.82) is 0 Å². The zero-order valence-electron chi connectivity index (χ0n) is 51.5. The number of allylic oxidation sites excluding steroid dienone is 5. The van der Waals surface area contributed by atoms with Crippen molar-refractivity contribution < 1.29 is 49.3 Å². The summed E-state index contributed by atoms with van der Waals surface area (Å²) >= 11 is 0. The van der Waals surface area contributed by atoms with Gasteiger partial charge in [-0.05, 0) is 77.0 Å². The Morgan fingerprint density at radius 2 is 0.835 bits per heavy atom. The van der Waals surface area contributed by atoms with Gasteiger partial charge in [0.25, 0.3) is 0 Å². The average Bonchev–Trinajstić information content (AvgIpc) is 3.44. The maximum absolute atomic E-state index is 13.4. The van der Waals surface area contributed by atoms with E-state index in [2.05, 4.69) is 50.4 Å². The first-order valence-corrected chi connectivity index (χ1v) is 33.8. The molecule has 0 aliphatic carbocycles. The number of aliphatic hydroxyl groups is 5. The van der Waals surface area contributed by atoms with Gasteiger partial charge in [-0.15, -0.1) is 0 Å². The van der Waals surface area contributed by atoms with Crippen LogP contribution < -0.4 is 5.32 Å². The highest BCUT2D eigenvalue weighted by molar-refractivity contribution is 5.80. The Bertz CT molecular complexity index is 1420. The van der Waals surface area contributed by atoms with Crippen LogP contribution in [0.3, 0.4) is 0 Å². The summed E-state index contributed by atoms with van der Waals surface area (Å²) in [6.45, 7) is 5.78. The van der Waals surface area contributed by atoms with E-state index in [0.717, 1.165) is 57.8 Å². The molecule has 1 amide bonds. The Hall–Kier alpha value is -2.12. The molecule has 11 heteroatoms. The predicted molar refractivity (Wildman–Crippen MR) is 329 cm³/mol. The summed E-state index contributed by atoms with van der Waals surface area (Å²) in [7, 11) is 0. The molecule has 8 atom stereocenters. The van der Waals surface area contributed by atoms with Crippen LogP contribution in [0.25, 0.3) is 0 Å². The van der Waals surface area contributed by atoms with Gasteiger partial charge < -0.3 is 45.1 Å². The summed E-state index contributed by atoms with van der Waals surface area (Å²) in [6, 6.07) is -1.03. The molecule has 0 aromatic heterocycles. The van der Waals surface area contributed by atoms with Crippen LogP contribution in [0, 0.1) is 0 Å². The maximum atomic E-state index is 13.4. The molecule has 6 N–H and O–H groups in total. The summed E-state index contributed by atoms with van der Waals surface area (Å²) < 4.78 is 17.6. The van der Waals surface area contributed by atoms with Crippen molar-refractivity contribution in [2.24, 2.45) is 0 Å². The van der Waals surface area contributed by atoms with Crippen LogP contribution in [-0.2, 0) is 23.8 Å². The Kier molecular flexibility index (Phi) is 53.4. The van der Waals surface area contributed by atoms with Crippen LogP contribution in [0.5, 0.6) is 0 Å². The van der Waals surface area contributed by atoms with Crippen molar-refractivity contribution in [2.75, 3.05) is 13.2 Å². The molecule has 1 saturated heterocycles. The molecule has 0 aromatic carbocycles. The molecule has 1 rings (SSSR count). The second-order valence-corrected chi connectivity index (χ2v) is 23.6. The van der Waals surface area contributed by atoms with Crippen molar-refractivity contribution in [3.05, 3.63) is 36.5 Å². The second kappa shape index (κ2) is 56.4. The van der Waals surface area contributed by atoms with Gasteiger partial charge in [0.2, 0.25) is 5.91 Å². The van der Waals surface area contributed by atoms with Gasteiger partial charge in [-0.1, -0.05) is 276 Å². The molecule has 1 heterocycles. The number of hydrogen-bond acceptors (Lipinski definition) is 10. The van der Waals surface area contributed by atoms with Crippen molar-refractivity contribution >= 4 is 11.9 Å². The highest BCUT2D eigenvalue weighted by Crippen LogP contribution is 2.26. The van der Waals surface area contributed by atoms with E-state index in [0.29, 0.717) is 12.8 Å². The molecule has 0 saturated carbocycles. The van der Waals surface area contributed by atoms with Gasteiger partial charge in [-0.25, -0.2) is 0 Å². The van der Waals surface area contributed by atoms with Crippen LogP contribution in [0.4, 0.5) is 0 Å². The van der Waals surface area contributed by atoms with Crippen molar-refractivity contribution in [3.8, 4) is 0 Å². The number of ether oxygens (including phenoxy) is 3. The van der Waals surface area contributed by atoms with E-state index in [1.165, 1.54) is 218 Å². The lowest BCUT2D eigenvalue weighted by atomic mass is 9.99. The van der Waals surface area contributed by atoms with Crippen LogP contribution in [-0.4, -0.2) is 99.6 Å². The van der Waals surface area contributed by atoms with E-state index in [9.17, 15) is 35.1 Å². The molecular weight excluding hydrogens is 991 g/mol. The lowest BCUT2D eigenvalue weighted by Gasteiger charge is -2.41. The lowest BCUT2D eigenvalue weighted by molar-refractivity contribution is -0.305. The molecular formula is C68H127NO10. The number of unbranched alkanes of at least 4 members (excludes halogenated alkanes) is 40. The number of amides is 1.